The molecular weight excluding hydrogens is 716 g/mol. The summed E-state index contributed by atoms with van der Waals surface area (Å²) in [6, 6.07) is 0. The highest BCUT2D eigenvalue weighted by atomic mass is 16.8. The zero-order valence-electron chi connectivity index (χ0n) is 34.0. The molecule has 3 aliphatic heterocycles. The second-order valence-electron chi connectivity index (χ2n) is 20.8. The summed E-state index contributed by atoms with van der Waals surface area (Å²) in [5.41, 5.74) is -3.33. The van der Waals surface area contributed by atoms with Gasteiger partial charge in [0.15, 0.2) is 12.6 Å². The van der Waals surface area contributed by atoms with Gasteiger partial charge in [0.25, 0.3) is 0 Å². The molecule has 0 aromatic carbocycles. The molecule has 0 amide bonds. The molecule has 0 aromatic heterocycles. The fourth-order valence-corrected chi connectivity index (χ4v) is 13.9. The lowest BCUT2D eigenvalue weighted by Crippen LogP contribution is -2.71. The van der Waals surface area contributed by atoms with Gasteiger partial charge in [-0.15, -0.1) is 0 Å². The SMILES string of the molecule is CC(C)(O)[C@@H]1CC[C@@](C)([C@H]2CC[C@]3(C)[C@H]2[C@H](O)C[C@@H]2[C@@]4(C)CC[C@H](O)C(C)(C)[C@H]4[C@@H](O[C@@H]4O[C@H](CO)[C@@H](O)[C@H](O)[C@H]4O[C@@H]4OC[C@@H](O)[C@H](O)[C@H]4O)C[C@]23C)O1. The van der Waals surface area contributed by atoms with Gasteiger partial charge >= 0.3 is 0 Å². The second-order valence-corrected chi connectivity index (χ2v) is 20.8. The molecule has 0 bridgehead atoms. The molecule has 21 atom stereocenters. The highest BCUT2D eigenvalue weighted by molar-refractivity contribution is 5.22. The molecule has 0 unspecified atom stereocenters. The minimum Gasteiger partial charge on any atom is -0.394 e. The lowest BCUT2D eigenvalue weighted by Gasteiger charge is -2.72. The van der Waals surface area contributed by atoms with Crippen LogP contribution < -0.4 is 0 Å². The maximum absolute atomic E-state index is 12.4. The normalized spacial score (nSPS) is 56.8. The molecule has 14 heteroatoms. The van der Waals surface area contributed by atoms with Gasteiger partial charge in [-0.3, -0.25) is 0 Å². The smallest absolute Gasteiger partial charge is 0.187 e. The zero-order valence-corrected chi connectivity index (χ0v) is 34.0. The Labute approximate surface area is 325 Å². The largest absolute Gasteiger partial charge is 0.394 e. The van der Waals surface area contributed by atoms with Gasteiger partial charge in [0.2, 0.25) is 0 Å². The van der Waals surface area contributed by atoms with Gasteiger partial charge in [0.05, 0.1) is 48.8 Å². The molecule has 0 spiro atoms. The van der Waals surface area contributed by atoms with Crippen LogP contribution in [0, 0.1) is 45.3 Å². The van der Waals surface area contributed by atoms with E-state index in [0.717, 1.165) is 25.7 Å². The number of aliphatic hydroxyl groups is 9. The van der Waals surface area contributed by atoms with E-state index in [4.69, 9.17) is 23.7 Å². The monoisotopic (exact) mass is 786 g/mol. The quantitative estimate of drug-likeness (QED) is 0.164. The van der Waals surface area contributed by atoms with Crippen LogP contribution in [-0.2, 0) is 23.7 Å². The topological polar surface area (TPSA) is 228 Å². The van der Waals surface area contributed by atoms with Crippen molar-refractivity contribution >= 4 is 0 Å². The van der Waals surface area contributed by atoms with Crippen molar-refractivity contribution in [3.8, 4) is 0 Å². The predicted octanol–water partition coefficient (Wildman–Crippen LogP) is 0.970. The van der Waals surface area contributed by atoms with E-state index < -0.39 is 108 Å². The Hall–Kier alpha value is -0.560. The van der Waals surface area contributed by atoms with Gasteiger partial charge in [0, 0.05) is 0 Å². The van der Waals surface area contributed by atoms with Crippen LogP contribution in [0.5, 0.6) is 0 Å². The number of rotatable bonds is 7. The first-order chi connectivity index (χ1) is 25.4. The first-order valence-corrected chi connectivity index (χ1v) is 20.8. The molecule has 7 aliphatic rings. The van der Waals surface area contributed by atoms with Gasteiger partial charge in [-0.2, -0.15) is 0 Å². The summed E-state index contributed by atoms with van der Waals surface area (Å²) >= 11 is 0. The molecule has 318 valence electrons. The van der Waals surface area contributed by atoms with Gasteiger partial charge in [0.1, 0.15) is 42.7 Å². The van der Waals surface area contributed by atoms with Crippen molar-refractivity contribution in [3.63, 3.8) is 0 Å². The Balaban J connectivity index is 1.25. The van der Waals surface area contributed by atoms with Crippen molar-refractivity contribution in [2.45, 2.75) is 198 Å². The number of aliphatic hydroxyl groups excluding tert-OH is 8. The fraction of sp³-hybridized carbons (Fsp3) is 1.00. The van der Waals surface area contributed by atoms with Crippen molar-refractivity contribution in [1.82, 2.24) is 0 Å². The minimum atomic E-state index is -1.68. The molecule has 55 heavy (non-hydrogen) atoms. The summed E-state index contributed by atoms with van der Waals surface area (Å²) in [6.45, 7) is 15.8. The molecule has 7 fully saturated rings. The van der Waals surface area contributed by atoms with Crippen LogP contribution in [0.15, 0.2) is 0 Å². The van der Waals surface area contributed by atoms with Crippen LogP contribution in [0.1, 0.15) is 107 Å². The Kier molecular flexibility index (Phi) is 11.1. The molecule has 3 heterocycles. The number of hydrogen-bond acceptors (Lipinski definition) is 14. The van der Waals surface area contributed by atoms with Crippen LogP contribution in [0.3, 0.4) is 0 Å². The summed E-state index contributed by atoms with van der Waals surface area (Å²) in [5, 5.41) is 98.7. The Morgan fingerprint density at radius 3 is 2.07 bits per heavy atom. The van der Waals surface area contributed by atoms with E-state index in [1.807, 2.05) is 0 Å². The number of fused-ring (bicyclic) bond motifs is 5. The summed E-state index contributed by atoms with van der Waals surface area (Å²) in [4.78, 5) is 0. The van der Waals surface area contributed by atoms with Crippen LogP contribution in [0.25, 0.3) is 0 Å². The van der Waals surface area contributed by atoms with Crippen LogP contribution >= 0.6 is 0 Å². The molecule has 4 saturated carbocycles. The molecule has 9 N–H and O–H groups in total. The van der Waals surface area contributed by atoms with E-state index in [-0.39, 0.29) is 41.8 Å². The van der Waals surface area contributed by atoms with Crippen molar-refractivity contribution < 1.29 is 69.6 Å². The van der Waals surface area contributed by atoms with Gasteiger partial charge in [-0.25, -0.2) is 0 Å². The van der Waals surface area contributed by atoms with E-state index in [0.29, 0.717) is 25.7 Å². The number of ether oxygens (including phenoxy) is 5. The zero-order chi connectivity index (χ0) is 40.4. The van der Waals surface area contributed by atoms with Crippen LogP contribution in [-0.4, -0.2) is 150 Å². The first kappa shape index (κ1) is 42.6. The van der Waals surface area contributed by atoms with E-state index in [1.54, 1.807) is 13.8 Å². The minimum absolute atomic E-state index is 0.0590. The molecule has 0 radical (unpaired) electrons. The molecule has 3 saturated heterocycles. The molecule has 4 aliphatic carbocycles. The van der Waals surface area contributed by atoms with Gasteiger partial charge < -0.3 is 69.6 Å². The van der Waals surface area contributed by atoms with Crippen LogP contribution in [0.2, 0.25) is 0 Å². The van der Waals surface area contributed by atoms with Gasteiger partial charge in [-0.05, 0) is 117 Å². The maximum Gasteiger partial charge on any atom is 0.187 e. The van der Waals surface area contributed by atoms with E-state index in [2.05, 4.69) is 41.5 Å². The highest BCUT2D eigenvalue weighted by Gasteiger charge is 2.74. The third-order valence-corrected chi connectivity index (χ3v) is 17.0. The van der Waals surface area contributed by atoms with Gasteiger partial charge in [-0.1, -0.05) is 34.6 Å². The number of hydrogen-bond donors (Lipinski definition) is 9. The summed E-state index contributed by atoms with van der Waals surface area (Å²) < 4.78 is 31.6. The molecule has 7 rings (SSSR count). The van der Waals surface area contributed by atoms with Crippen molar-refractivity contribution in [2.24, 2.45) is 45.3 Å². The van der Waals surface area contributed by atoms with Crippen molar-refractivity contribution in [3.05, 3.63) is 0 Å². The third kappa shape index (κ3) is 6.50. The Bertz CT molecular complexity index is 1390. The van der Waals surface area contributed by atoms with E-state index in [1.165, 1.54) is 0 Å². The summed E-state index contributed by atoms with van der Waals surface area (Å²) in [5.74, 6) is -0.233. The van der Waals surface area contributed by atoms with E-state index in [9.17, 15) is 46.0 Å². The summed E-state index contributed by atoms with van der Waals surface area (Å²) in [6.07, 6.45) is -9.89. The van der Waals surface area contributed by atoms with Crippen molar-refractivity contribution in [2.75, 3.05) is 13.2 Å². The Morgan fingerprint density at radius 2 is 1.44 bits per heavy atom. The lowest BCUT2D eigenvalue weighted by molar-refractivity contribution is -0.377. The average molecular weight is 787 g/mol. The fourth-order valence-electron chi connectivity index (χ4n) is 13.9. The molecule has 14 nitrogen and oxygen atoms in total. The highest BCUT2D eigenvalue weighted by Crippen LogP contribution is 2.76. The lowest BCUT2D eigenvalue weighted by atomic mass is 9.34. The second kappa shape index (κ2) is 14.3. The summed E-state index contributed by atoms with van der Waals surface area (Å²) in [7, 11) is 0. The third-order valence-electron chi connectivity index (χ3n) is 17.0. The first-order valence-electron chi connectivity index (χ1n) is 20.8. The van der Waals surface area contributed by atoms with Crippen molar-refractivity contribution in [1.29, 1.82) is 0 Å². The Morgan fingerprint density at radius 1 is 0.745 bits per heavy atom. The standard InChI is InChI=1S/C41H70O14/c1-36(2)25(45)10-12-38(5)24-15-20(43)27-19(41(8)14-11-26(55-41)37(3,4)50)9-13-39(27,6)40(24,7)16-22(33(36)38)52-35-32(30(48)29(47)23(17-42)53-35)54-34-31(49)28(46)21(44)18-51-34/h19-35,42-50H,9-18H2,1-8H3/t19-,20+,21+,22-,23+,24+,25-,26-,27+,28-,29+,30-,31+,32+,33+,34-,35+,38+,39+,40+,41-/m0/s1. The maximum atomic E-state index is 12.4. The average Bonchev–Trinajstić information content (AvgIpc) is 3.70. The van der Waals surface area contributed by atoms with Crippen LogP contribution in [0.4, 0.5) is 0 Å². The molecule has 0 aromatic rings. The predicted molar refractivity (Wildman–Crippen MR) is 196 cm³/mol. The molecular formula is C41H70O14. The van der Waals surface area contributed by atoms with E-state index >= 15 is 0 Å².